The molecule has 0 unspecified atom stereocenters. The Morgan fingerprint density at radius 1 is 1.48 bits per heavy atom. The van der Waals surface area contributed by atoms with Crippen molar-refractivity contribution in [3.05, 3.63) is 57.0 Å². The molecule has 1 amide bonds. The SMILES string of the molecule is Cn1ncc(NCCc2cccc(C(N)=O)c2)c(Cl)c1=O. The highest BCUT2D eigenvalue weighted by Gasteiger charge is 2.07. The summed E-state index contributed by atoms with van der Waals surface area (Å²) in [6.07, 6.45) is 2.16. The smallest absolute Gasteiger partial charge is 0.287 e. The van der Waals surface area contributed by atoms with Crippen LogP contribution >= 0.6 is 11.6 Å². The van der Waals surface area contributed by atoms with E-state index >= 15 is 0 Å². The Labute approximate surface area is 126 Å². The number of carbonyl (C=O) groups is 1. The van der Waals surface area contributed by atoms with Gasteiger partial charge in [-0.2, -0.15) is 5.10 Å². The van der Waals surface area contributed by atoms with Crippen molar-refractivity contribution in [1.29, 1.82) is 0 Å². The third kappa shape index (κ3) is 3.61. The molecule has 0 saturated carbocycles. The van der Waals surface area contributed by atoms with Crippen molar-refractivity contribution in [2.24, 2.45) is 12.8 Å². The Morgan fingerprint density at radius 2 is 2.24 bits per heavy atom. The van der Waals surface area contributed by atoms with Crippen LogP contribution in [0.1, 0.15) is 15.9 Å². The molecule has 0 aliphatic carbocycles. The van der Waals surface area contributed by atoms with E-state index in [9.17, 15) is 9.59 Å². The molecule has 0 bridgehead atoms. The number of benzene rings is 1. The highest BCUT2D eigenvalue weighted by molar-refractivity contribution is 6.32. The van der Waals surface area contributed by atoms with Crippen LogP contribution in [0.25, 0.3) is 0 Å². The summed E-state index contributed by atoms with van der Waals surface area (Å²) < 4.78 is 1.17. The number of nitrogens with two attached hydrogens (primary N) is 1. The fourth-order valence-corrected chi connectivity index (χ4v) is 2.09. The van der Waals surface area contributed by atoms with Gasteiger partial charge in [-0.1, -0.05) is 23.7 Å². The highest BCUT2D eigenvalue weighted by Crippen LogP contribution is 2.15. The van der Waals surface area contributed by atoms with Crippen LogP contribution in [0.4, 0.5) is 5.69 Å². The summed E-state index contributed by atoms with van der Waals surface area (Å²) in [6.45, 7) is 0.552. The van der Waals surface area contributed by atoms with Gasteiger partial charge in [0.15, 0.2) is 0 Å². The molecule has 0 saturated heterocycles. The Bertz CT molecular complexity index is 727. The summed E-state index contributed by atoms with van der Waals surface area (Å²) in [5.74, 6) is -0.455. The average molecular weight is 307 g/mol. The molecule has 2 aromatic rings. The molecule has 3 N–H and O–H groups in total. The van der Waals surface area contributed by atoms with Gasteiger partial charge in [0, 0.05) is 19.2 Å². The lowest BCUT2D eigenvalue weighted by molar-refractivity contribution is 0.1000. The van der Waals surface area contributed by atoms with E-state index < -0.39 is 5.91 Å². The number of rotatable bonds is 5. The molecular weight excluding hydrogens is 292 g/mol. The van der Waals surface area contributed by atoms with Gasteiger partial charge < -0.3 is 11.1 Å². The molecule has 0 atom stereocenters. The number of nitrogens with one attached hydrogen (secondary N) is 1. The summed E-state index contributed by atoms with van der Waals surface area (Å²) in [5, 5.41) is 7.06. The van der Waals surface area contributed by atoms with E-state index in [0.29, 0.717) is 24.2 Å². The van der Waals surface area contributed by atoms with Crippen LogP contribution in [-0.2, 0) is 13.5 Å². The maximum absolute atomic E-state index is 11.6. The standard InChI is InChI=1S/C14H15ClN4O2/c1-19-14(21)12(15)11(8-18-19)17-6-5-9-3-2-4-10(7-9)13(16)20/h2-4,7-8,17H,5-6H2,1H3,(H2,16,20). The fraction of sp³-hybridized carbons (Fsp3) is 0.214. The second-order valence-corrected chi connectivity index (χ2v) is 4.92. The number of aryl methyl sites for hydroxylation is 1. The first-order chi connectivity index (χ1) is 9.99. The number of amides is 1. The number of primary amides is 1. The van der Waals surface area contributed by atoms with Gasteiger partial charge in [-0.25, -0.2) is 4.68 Å². The van der Waals surface area contributed by atoms with E-state index in [-0.39, 0.29) is 10.6 Å². The zero-order valence-corrected chi connectivity index (χ0v) is 12.2. The van der Waals surface area contributed by atoms with Crippen molar-refractivity contribution in [1.82, 2.24) is 9.78 Å². The molecule has 7 heteroatoms. The first kappa shape index (κ1) is 15.1. The lowest BCUT2D eigenvalue weighted by Gasteiger charge is -2.09. The number of nitrogens with zero attached hydrogens (tertiary/aromatic N) is 2. The van der Waals surface area contributed by atoms with E-state index in [1.54, 1.807) is 18.2 Å². The first-order valence-corrected chi connectivity index (χ1v) is 6.71. The van der Waals surface area contributed by atoms with Gasteiger partial charge in [0.1, 0.15) is 5.02 Å². The highest BCUT2D eigenvalue weighted by atomic mass is 35.5. The van der Waals surface area contributed by atoms with Gasteiger partial charge in [-0.05, 0) is 24.1 Å². The zero-order chi connectivity index (χ0) is 15.4. The average Bonchev–Trinajstić information content (AvgIpc) is 2.47. The number of hydrogen-bond acceptors (Lipinski definition) is 4. The molecule has 0 aliphatic rings. The molecule has 110 valence electrons. The Balaban J connectivity index is 2.02. The lowest BCUT2D eigenvalue weighted by atomic mass is 10.1. The summed E-state index contributed by atoms with van der Waals surface area (Å²) in [7, 11) is 1.54. The van der Waals surface area contributed by atoms with Gasteiger partial charge in [-0.3, -0.25) is 9.59 Å². The van der Waals surface area contributed by atoms with Gasteiger partial charge in [-0.15, -0.1) is 0 Å². The molecule has 6 nitrogen and oxygen atoms in total. The van der Waals surface area contributed by atoms with Crippen LogP contribution in [0.3, 0.4) is 0 Å². The van der Waals surface area contributed by atoms with E-state index in [4.69, 9.17) is 17.3 Å². The molecule has 0 aliphatic heterocycles. The monoisotopic (exact) mass is 306 g/mol. The molecule has 21 heavy (non-hydrogen) atoms. The predicted molar refractivity (Wildman–Crippen MR) is 81.6 cm³/mol. The van der Waals surface area contributed by atoms with Crippen molar-refractivity contribution in [2.45, 2.75) is 6.42 Å². The fourth-order valence-electron chi connectivity index (χ4n) is 1.86. The largest absolute Gasteiger partial charge is 0.382 e. The summed E-state index contributed by atoms with van der Waals surface area (Å²) in [4.78, 5) is 22.7. The second kappa shape index (κ2) is 6.41. The number of anilines is 1. The van der Waals surface area contributed by atoms with Crippen molar-refractivity contribution in [3.8, 4) is 0 Å². The number of halogens is 1. The van der Waals surface area contributed by atoms with E-state index in [1.807, 2.05) is 6.07 Å². The number of hydrogen-bond donors (Lipinski definition) is 2. The first-order valence-electron chi connectivity index (χ1n) is 6.33. The molecule has 2 rings (SSSR count). The van der Waals surface area contributed by atoms with E-state index in [0.717, 1.165) is 5.56 Å². The summed E-state index contributed by atoms with van der Waals surface area (Å²) >= 11 is 5.95. The molecule has 0 spiro atoms. The van der Waals surface area contributed by atoms with Gasteiger partial charge in [0.2, 0.25) is 5.91 Å². The number of aromatic nitrogens is 2. The quantitative estimate of drug-likeness (QED) is 0.868. The van der Waals surface area contributed by atoms with Crippen LogP contribution in [0, 0.1) is 0 Å². The lowest BCUT2D eigenvalue weighted by Crippen LogP contribution is -2.21. The predicted octanol–water partition coefficient (Wildman–Crippen LogP) is 1.19. The minimum absolute atomic E-state index is 0.110. The van der Waals surface area contributed by atoms with Crippen LogP contribution in [0.5, 0.6) is 0 Å². The van der Waals surface area contributed by atoms with Crippen LogP contribution < -0.4 is 16.6 Å². The summed E-state index contributed by atoms with van der Waals surface area (Å²) in [5.41, 5.74) is 6.82. The van der Waals surface area contributed by atoms with Crippen LogP contribution in [0.15, 0.2) is 35.3 Å². The van der Waals surface area contributed by atoms with Crippen molar-refractivity contribution in [3.63, 3.8) is 0 Å². The zero-order valence-electron chi connectivity index (χ0n) is 11.5. The topological polar surface area (TPSA) is 90.0 Å². The minimum Gasteiger partial charge on any atom is -0.382 e. The normalized spacial score (nSPS) is 10.4. The Kier molecular flexibility index (Phi) is 4.59. The maximum Gasteiger partial charge on any atom is 0.287 e. The van der Waals surface area contributed by atoms with Gasteiger partial charge in [0.25, 0.3) is 5.56 Å². The van der Waals surface area contributed by atoms with Crippen LogP contribution in [0.2, 0.25) is 5.02 Å². The molecule has 1 aromatic heterocycles. The van der Waals surface area contributed by atoms with Gasteiger partial charge in [0.05, 0.1) is 11.9 Å². The molecule has 0 radical (unpaired) electrons. The van der Waals surface area contributed by atoms with E-state index in [2.05, 4.69) is 10.4 Å². The van der Waals surface area contributed by atoms with Gasteiger partial charge >= 0.3 is 0 Å². The van der Waals surface area contributed by atoms with Crippen molar-refractivity contribution < 1.29 is 4.79 Å². The molecule has 1 aromatic carbocycles. The summed E-state index contributed by atoms with van der Waals surface area (Å²) in [6, 6.07) is 7.09. The molecule has 0 fully saturated rings. The third-order valence-electron chi connectivity index (χ3n) is 3.02. The Hall–Kier alpha value is -2.34. The van der Waals surface area contributed by atoms with Crippen molar-refractivity contribution in [2.75, 3.05) is 11.9 Å². The second-order valence-electron chi connectivity index (χ2n) is 4.54. The molecular formula is C14H15ClN4O2. The minimum atomic E-state index is -0.455. The third-order valence-corrected chi connectivity index (χ3v) is 3.38. The van der Waals surface area contributed by atoms with E-state index in [1.165, 1.54) is 17.9 Å². The number of carbonyl (C=O) groups excluding carboxylic acids is 1. The maximum atomic E-state index is 11.6. The van der Waals surface area contributed by atoms with Crippen molar-refractivity contribution >= 4 is 23.2 Å². The Morgan fingerprint density at radius 3 is 2.95 bits per heavy atom. The molecule has 1 heterocycles. The van der Waals surface area contributed by atoms with Crippen LogP contribution in [-0.4, -0.2) is 22.2 Å².